The largest absolute Gasteiger partial charge is 0.491 e. The number of halogens is 2. The van der Waals surface area contributed by atoms with E-state index in [2.05, 4.69) is 45.4 Å². The third-order valence-corrected chi connectivity index (χ3v) is 2.84. The third-order valence-electron chi connectivity index (χ3n) is 1.37. The number of hydrogen-bond acceptors (Lipinski definition) is 1. The molecule has 1 aromatic carbocycles. The Kier molecular flexibility index (Phi) is 4.35. The highest BCUT2D eigenvalue weighted by atomic mass is 127. The maximum atomic E-state index is 5.56. The number of para-hydroxylation sites is 1. The first-order chi connectivity index (χ1) is 5.75. The maximum absolute atomic E-state index is 5.56. The molecule has 0 heterocycles. The summed E-state index contributed by atoms with van der Waals surface area (Å²) in [5.74, 6) is 0.958. The van der Waals surface area contributed by atoms with Crippen LogP contribution >= 0.6 is 38.5 Å². The molecule has 0 unspecified atom stereocenters. The second-order valence-corrected chi connectivity index (χ2v) is 4.42. The lowest BCUT2D eigenvalue weighted by molar-refractivity contribution is 0.313. The van der Waals surface area contributed by atoms with Crippen LogP contribution in [-0.4, -0.2) is 6.61 Å². The van der Waals surface area contributed by atoms with Crippen LogP contribution < -0.4 is 4.74 Å². The topological polar surface area (TPSA) is 9.23 Å². The van der Waals surface area contributed by atoms with Crippen LogP contribution in [0.3, 0.4) is 0 Å². The van der Waals surface area contributed by atoms with Gasteiger partial charge in [-0.15, -0.1) is 0 Å². The highest BCUT2D eigenvalue weighted by molar-refractivity contribution is 14.1. The summed E-state index contributed by atoms with van der Waals surface area (Å²) in [5.41, 5.74) is 0. The SMILES string of the molecule is CCCOc1c(Br)cccc1I. The van der Waals surface area contributed by atoms with Gasteiger partial charge in [-0.1, -0.05) is 13.0 Å². The minimum atomic E-state index is 0.776. The summed E-state index contributed by atoms with van der Waals surface area (Å²) in [7, 11) is 0. The predicted molar refractivity (Wildman–Crippen MR) is 62.6 cm³/mol. The summed E-state index contributed by atoms with van der Waals surface area (Å²) < 4.78 is 7.74. The lowest BCUT2D eigenvalue weighted by Gasteiger charge is -2.08. The van der Waals surface area contributed by atoms with E-state index in [1.807, 2.05) is 18.2 Å². The zero-order valence-corrected chi connectivity index (χ0v) is 10.6. The molecule has 0 bridgehead atoms. The Bertz CT molecular complexity index is 242. The van der Waals surface area contributed by atoms with E-state index in [1.54, 1.807) is 0 Å². The van der Waals surface area contributed by atoms with Crippen molar-refractivity contribution in [3.8, 4) is 5.75 Å². The van der Waals surface area contributed by atoms with Gasteiger partial charge in [-0.25, -0.2) is 0 Å². The summed E-state index contributed by atoms with van der Waals surface area (Å²) in [4.78, 5) is 0. The van der Waals surface area contributed by atoms with Crippen molar-refractivity contribution in [2.24, 2.45) is 0 Å². The van der Waals surface area contributed by atoms with E-state index in [0.29, 0.717) is 0 Å². The molecule has 3 heteroatoms. The predicted octanol–water partition coefficient (Wildman–Crippen LogP) is 3.84. The van der Waals surface area contributed by atoms with Gasteiger partial charge in [-0.3, -0.25) is 0 Å². The highest BCUT2D eigenvalue weighted by Crippen LogP contribution is 2.29. The standard InChI is InChI=1S/C9H10BrIO/c1-2-6-12-9-7(10)4-3-5-8(9)11/h3-5H,2,6H2,1H3. The Morgan fingerprint density at radius 1 is 1.50 bits per heavy atom. The van der Waals surface area contributed by atoms with Crippen molar-refractivity contribution >= 4 is 38.5 Å². The first kappa shape index (κ1) is 10.3. The maximum Gasteiger partial charge on any atom is 0.146 e. The average molecular weight is 341 g/mol. The summed E-state index contributed by atoms with van der Waals surface area (Å²) in [5, 5.41) is 0. The first-order valence-electron chi connectivity index (χ1n) is 3.82. The van der Waals surface area contributed by atoms with Crippen LogP contribution in [0.1, 0.15) is 13.3 Å². The Balaban J connectivity index is 2.81. The number of ether oxygens (including phenoxy) is 1. The van der Waals surface area contributed by atoms with E-state index in [4.69, 9.17) is 4.74 Å². The fraction of sp³-hybridized carbons (Fsp3) is 0.333. The van der Waals surface area contributed by atoms with Gasteiger partial charge in [0, 0.05) is 0 Å². The van der Waals surface area contributed by atoms with Crippen LogP contribution in [0.15, 0.2) is 22.7 Å². The van der Waals surface area contributed by atoms with E-state index in [-0.39, 0.29) is 0 Å². The van der Waals surface area contributed by atoms with E-state index in [1.165, 1.54) is 0 Å². The number of rotatable bonds is 3. The summed E-state index contributed by atoms with van der Waals surface area (Å²) in [6.07, 6.45) is 1.04. The smallest absolute Gasteiger partial charge is 0.146 e. The van der Waals surface area contributed by atoms with Crippen molar-refractivity contribution in [3.05, 3.63) is 26.2 Å². The molecule has 0 aromatic heterocycles. The molecule has 0 aliphatic heterocycles. The quantitative estimate of drug-likeness (QED) is 0.759. The molecule has 0 spiro atoms. The van der Waals surface area contributed by atoms with Crippen LogP contribution in [0.2, 0.25) is 0 Å². The van der Waals surface area contributed by atoms with Crippen molar-refractivity contribution in [1.82, 2.24) is 0 Å². The van der Waals surface area contributed by atoms with Crippen molar-refractivity contribution < 1.29 is 4.74 Å². The van der Waals surface area contributed by atoms with Gasteiger partial charge in [0.2, 0.25) is 0 Å². The minimum absolute atomic E-state index is 0.776. The van der Waals surface area contributed by atoms with E-state index >= 15 is 0 Å². The van der Waals surface area contributed by atoms with Gasteiger partial charge in [0.15, 0.2) is 0 Å². The van der Waals surface area contributed by atoms with Crippen LogP contribution in [0.5, 0.6) is 5.75 Å². The zero-order chi connectivity index (χ0) is 8.97. The molecule has 1 nitrogen and oxygen atoms in total. The van der Waals surface area contributed by atoms with Gasteiger partial charge in [-0.2, -0.15) is 0 Å². The fourth-order valence-corrected chi connectivity index (χ4v) is 2.33. The summed E-state index contributed by atoms with van der Waals surface area (Å²) in [6.45, 7) is 2.88. The molecular weight excluding hydrogens is 331 g/mol. The molecule has 0 fully saturated rings. The molecule has 0 aliphatic rings. The molecule has 0 radical (unpaired) electrons. The van der Waals surface area contributed by atoms with Gasteiger partial charge >= 0.3 is 0 Å². The van der Waals surface area contributed by atoms with E-state index in [9.17, 15) is 0 Å². The number of hydrogen-bond donors (Lipinski definition) is 0. The highest BCUT2D eigenvalue weighted by Gasteiger charge is 2.03. The molecule has 12 heavy (non-hydrogen) atoms. The molecule has 0 N–H and O–H groups in total. The average Bonchev–Trinajstić information content (AvgIpc) is 2.04. The monoisotopic (exact) mass is 340 g/mol. The molecule has 0 atom stereocenters. The van der Waals surface area contributed by atoms with Gasteiger partial charge in [0.25, 0.3) is 0 Å². The summed E-state index contributed by atoms with van der Waals surface area (Å²) >= 11 is 5.72. The lowest BCUT2D eigenvalue weighted by Crippen LogP contribution is -1.97. The molecule has 0 aliphatic carbocycles. The Morgan fingerprint density at radius 2 is 2.25 bits per heavy atom. The molecule has 1 rings (SSSR count). The molecule has 0 saturated heterocycles. The van der Waals surface area contributed by atoms with Crippen molar-refractivity contribution in [1.29, 1.82) is 0 Å². The van der Waals surface area contributed by atoms with E-state index < -0.39 is 0 Å². The fourth-order valence-electron chi connectivity index (χ4n) is 0.825. The second kappa shape index (κ2) is 5.07. The van der Waals surface area contributed by atoms with Crippen LogP contribution in [0.4, 0.5) is 0 Å². The molecule has 1 aromatic rings. The molecule has 66 valence electrons. The first-order valence-corrected chi connectivity index (χ1v) is 5.69. The summed E-state index contributed by atoms with van der Waals surface area (Å²) in [6, 6.07) is 6.04. The van der Waals surface area contributed by atoms with Gasteiger partial charge in [-0.05, 0) is 57.1 Å². The van der Waals surface area contributed by atoms with Crippen molar-refractivity contribution in [2.45, 2.75) is 13.3 Å². The van der Waals surface area contributed by atoms with Crippen LogP contribution in [0, 0.1) is 3.57 Å². The molecule has 0 amide bonds. The van der Waals surface area contributed by atoms with Gasteiger partial charge < -0.3 is 4.74 Å². The zero-order valence-electron chi connectivity index (χ0n) is 6.81. The van der Waals surface area contributed by atoms with Crippen molar-refractivity contribution in [2.75, 3.05) is 6.61 Å². The Hall–Kier alpha value is 0.230. The minimum Gasteiger partial charge on any atom is -0.491 e. The molecular formula is C9H10BrIO. The Labute approximate surface area is 94.8 Å². The number of benzene rings is 1. The molecule has 0 saturated carbocycles. The Morgan fingerprint density at radius 3 is 2.83 bits per heavy atom. The van der Waals surface area contributed by atoms with E-state index in [0.717, 1.165) is 26.8 Å². The van der Waals surface area contributed by atoms with Crippen molar-refractivity contribution in [3.63, 3.8) is 0 Å². The van der Waals surface area contributed by atoms with Crippen LogP contribution in [-0.2, 0) is 0 Å². The lowest BCUT2D eigenvalue weighted by atomic mass is 10.3. The van der Waals surface area contributed by atoms with Gasteiger partial charge in [0.05, 0.1) is 14.6 Å². The third kappa shape index (κ3) is 2.62. The normalized spacial score (nSPS) is 9.92. The van der Waals surface area contributed by atoms with Crippen LogP contribution in [0.25, 0.3) is 0 Å². The second-order valence-electron chi connectivity index (χ2n) is 2.40. The van der Waals surface area contributed by atoms with Gasteiger partial charge in [0.1, 0.15) is 5.75 Å².